The lowest BCUT2D eigenvalue weighted by atomic mass is 10.2. The molecule has 0 aromatic heterocycles. The van der Waals surface area contributed by atoms with Gasteiger partial charge in [-0.1, -0.05) is 12.1 Å². The smallest absolute Gasteiger partial charge is 0.325 e. The van der Waals surface area contributed by atoms with Gasteiger partial charge in [0.2, 0.25) is 0 Å². The molecule has 1 aromatic carbocycles. The molecule has 1 aromatic rings. The molecule has 0 aliphatic rings. The number of benzene rings is 1. The minimum atomic E-state index is -0.228. The summed E-state index contributed by atoms with van der Waals surface area (Å²) in [5.74, 6) is -0.228. The van der Waals surface area contributed by atoms with Gasteiger partial charge in [-0.15, -0.1) is 0 Å². The van der Waals surface area contributed by atoms with Gasteiger partial charge < -0.3 is 9.64 Å². The summed E-state index contributed by atoms with van der Waals surface area (Å²) in [4.78, 5) is 12.9. The molecule has 0 atom stereocenters. The minimum Gasteiger partial charge on any atom is -0.468 e. The Morgan fingerprint density at radius 3 is 2.79 bits per heavy atom. The number of aryl methyl sites for hydroxylation is 1. The second kappa shape index (κ2) is 4.65. The van der Waals surface area contributed by atoms with Crippen LogP contribution in [0.1, 0.15) is 5.56 Å². The second-order valence-electron chi connectivity index (χ2n) is 3.27. The van der Waals surface area contributed by atoms with Crippen LogP contribution in [0.25, 0.3) is 0 Å². The third kappa shape index (κ3) is 2.76. The van der Waals surface area contributed by atoms with Crippen molar-refractivity contribution in [2.75, 3.05) is 25.6 Å². The van der Waals surface area contributed by atoms with Gasteiger partial charge in [0.1, 0.15) is 6.54 Å². The molecule has 0 spiro atoms. The Morgan fingerprint density at radius 1 is 1.50 bits per heavy atom. The first-order valence-corrected chi connectivity index (χ1v) is 4.48. The number of likely N-dealkylation sites (N-methyl/N-ethyl adjacent to an activating group) is 1. The van der Waals surface area contributed by atoms with Crippen LogP contribution in [-0.2, 0) is 9.53 Å². The predicted octanol–water partition coefficient (Wildman–Crippen LogP) is 1.60. The molecule has 0 unspecified atom stereocenters. The Kier molecular flexibility index (Phi) is 3.51. The Hall–Kier alpha value is -1.51. The highest BCUT2D eigenvalue weighted by Crippen LogP contribution is 2.13. The molecular weight excluding hydrogens is 178 g/mol. The van der Waals surface area contributed by atoms with Gasteiger partial charge in [0.05, 0.1) is 7.11 Å². The Morgan fingerprint density at radius 2 is 2.21 bits per heavy atom. The van der Waals surface area contributed by atoms with E-state index in [-0.39, 0.29) is 12.5 Å². The number of carbonyl (C=O) groups excluding carboxylic acids is 1. The maximum Gasteiger partial charge on any atom is 0.325 e. The van der Waals surface area contributed by atoms with Crippen molar-refractivity contribution in [1.29, 1.82) is 0 Å². The van der Waals surface area contributed by atoms with Gasteiger partial charge in [-0.25, -0.2) is 0 Å². The molecule has 0 saturated heterocycles. The van der Waals surface area contributed by atoms with Gasteiger partial charge in [0.15, 0.2) is 0 Å². The highest BCUT2D eigenvalue weighted by Gasteiger charge is 2.06. The predicted molar refractivity (Wildman–Crippen MR) is 56.5 cm³/mol. The fourth-order valence-corrected chi connectivity index (χ4v) is 1.21. The quantitative estimate of drug-likeness (QED) is 0.683. The van der Waals surface area contributed by atoms with Gasteiger partial charge >= 0.3 is 5.97 Å². The van der Waals surface area contributed by atoms with Crippen molar-refractivity contribution in [2.24, 2.45) is 0 Å². The van der Waals surface area contributed by atoms with E-state index in [9.17, 15) is 4.79 Å². The summed E-state index contributed by atoms with van der Waals surface area (Å²) in [6, 6.07) is 7.99. The minimum absolute atomic E-state index is 0.228. The summed E-state index contributed by atoms with van der Waals surface area (Å²) < 4.78 is 4.59. The van der Waals surface area contributed by atoms with E-state index < -0.39 is 0 Å². The zero-order valence-electron chi connectivity index (χ0n) is 8.78. The molecular formula is C11H15NO2. The summed E-state index contributed by atoms with van der Waals surface area (Å²) in [6.45, 7) is 2.30. The van der Waals surface area contributed by atoms with E-state index in [0.29, 0.717) is 0 Å². The normalized spacial score (nSPS) is 9.64. The fourth-order valence-electron chi connectivity index (χ4n) is 1.21. The van der Waals surface area contributed by atoms with E-state index in [4.69, 9.17) is 0 Å². The number of hydrogen-bond donors (Lipinski definition) is 0. The molecule has 0 heterocycles. The lowest BCUT2D eigenvalue weighted by Crippen LogP contribution is -2.26. The van der Waals surface area contributed by atoms with Crippen LogP contribution in [-0.4, -0.2) is 26.7 Å². The monoisotopic (exact) mass is 193 g/mol. The summed E-state index contributed by atoms with van der Waals surface area (Å²) in [5.41, 5.74) is 2.20. The standard InChI is InChI=1S/C11H15NO2/c1-9-5-4-6-10(7-9)12(2)8-11(13)14-3/h4-7H,8H2,1-3H3. The van der Waals surface area contributed by atoms with Gasteiger partial charge in [0.25, 0.3) is 0 Å². The van der Waals surface area contributed by atoms with Crippen molar-refractivity contribution in [2.45, 2.75) is 6.92 Å². The average molecular weight is 193 g/mol. The average Bonchev–Trinajstić information content (AvgIpc) is 2.17. The van der Waals surface area contributed by atoms with Crippen LogP contribution in [0.3, 0.4) is 0 Å². The first-order chi connectivity index (χ1) is 6.63. The lowest BCUT2D eigenvalue weighted by molar-refractivity contribution is -0.138. The van der Waals surface area contributed by atoms with Crippen LogP contribution in [0.2, 0.25) is 0 Å². The maximum atomic E-state index is 11.0. The van der Waals surface area contributed by atoms with Gasteiger partial charge in [0, 0.05) is 12.7 Å². The van der Waals surface area contributed by atoms with E-state index in [0.717, 1.165) is 5.69 Å². The Labute approximate surface area is 84.3 Å². The highest BCUT2D eigenvalue weighted by atomic mass is 16.5. The van der Waals surface area contributed by atoms with E-state index in [2.05, 4.69) is 4.74 Å². The van der Waals surface area contributed by atoms with Gasteiger partial charge in [-0.05, 0) is 24.6 Å². The Bertz CT molecular complexity index is 323. The number of nitrogens with zero attached hydrogens (tertiary/aromatic N) is 1. The Balaban J connectivity index is 2.69. The van der Waals surface area contributed by atoms with Gasteiger partial charge in [-0.3, -0.25) is 4.79 Å². The van der Waals surface area contributed by atoms with Crippen molar-refractivity contribution in [3.05, 3.63) is 29.8 Å². The second-order valence-corrected chi connectivity index (χ2v) is 3.27. The first-order valence-electron chi connectivity index (χ1n) is 4.48. The maximum absolute atomic E-state index is 11.0. The van der Waals surface area contributed by atoms with E-state index in [1.54, 1.807) is 0 Å². The van der Waals surface area contributed by atoms with Crippen molar-refractivity contribution < 1.29 is 9.53 Å². The number of anilines is 1. The van der Waals surface area contributed by atoms with Crippen LogP contribution in [0.15, 0.2) is 24.3 Å². The fraction of sp³-hybridized carbons (Fsp3) is 0.364. The van der Waals surface area contributed by atoms with Crippen LogP contribution in [0.4, 0.5) is 5.69 Å². The molecule has 0 aliphatic heterocycles. The number of rotatable bonds is 3. The molecule has 0 amide bonds. The molecule has 0 fully saturated rings. The molecule has 0 radical (unpaired) electrons. The lowest BCUT2D eigenvalue weighted by Gasteiger charge is -2.17. The zero-order chi connectivity index (χ0) is 10.6. The highest BCUT2D eigenvalue weighted by molar-refractivity contribution is 5.75. The summed E-state index contributed by atoms with van der Waals surface area (Å²) in [5, 5.41) is 0. The van der Waals surface area contributed by atoms with Gasteiger partial charge in [-0.2, -0.15) is 0 Å². The topological polar surface area (TPSA) is 29.5 Å². The molecule has 0 N–H and O–H groups in total. The third-order valence-electron chi connectivity index (χ3n) is 2.04. The largest absolute Gasteiger partial charge is 0.468 e. The molecule has 14 heavy (non-hydrogen) atoms. The van der Waals surface area contributed by atoms with E-state index in [1.165, 1.54) is 12.7 Å². The van der Waals surface area contributed by atoms with Crippen LogP contribution in [0.5, 0.6) is 0 Å². The molecule has 0 bridgehead atoms. The van der Waals surface area contributed by atoms with Crippen LogP contribution >= 0.6 is 0 Å². The number of methoxy groups -OCH3 is 1. The molecule has 76 valence electrons. The molecule has 0 aliphatic carbocycles. The molecule has 3 heteroatoms. The van der Waals surface area contributed by atoms with E-state index in [1.807, 2.05) is 43.1 Å². The first kappa shape index (κ1) is 10.6. The van der Waals surface area contributed by atoms with Crippen LogP contribution in [0, 0.1) is 6.92 Å². The van der Waals surface area contributed by atoms with Crippen molar-refractivity contribution in [3.63, 3.8) is 0 Å². The summed E-state index contributed by atoms with van der Waals surface area (Å²) in [6.07, 6.45) is 0. The molecule has 1 rings (SSSR count). The van der Waals surface area contributed by atoms with Crippen molar-refractivity contribution >= 4 is 11.7 Å². The zero-order valence-corrected chi connectivity index (χ0v) is 8.78. The van der Waals surface area contributed by atoms with Crippen molar-refractivity contribution in [3.8, 4) is 0 Å². The molecule has 0 saturated carbocycles. The third-order valence-corrected chi connectivity index (χ3v) is 2.04. The summed E-state index contributed by atoms with van der Waals surface area (Å²) >= 11 is 0. The number of hydrogen-bond acceptors (Lipinski definition) is 3. The molecule has 3 nitrogen and oxygen atoms in total. The number of ether oxygens (including phenoxy) is 1. The van der Waals surface area contributed by atoms with E-state index >= 15 is 0 Å². The van der Waals surface area contributed by atoms with Crippen LogP contribution < -0.4 is 4.90 Å². The number of esters is 1. The SMILES string of the molecule is COC(=O)CN(C)c1cccc(C)c1. The number of carbonyl (C=O) groups is 1. The summed E-state index contributed by atoms with van der Waals surface area (Å²) in [7, 11) is 3.26. The van der Waals surface area contributed by atoms with Crippen molar-refractivity contribution in [1.82, 2.24) is 0 Å².